The van der Waals surface area contributed by atoms with Gasteiger partial charge in [0.15, 0.2) is 0 Å². The van der Waals surface area contributed by atoms with Crippen molar-refractivity contribution in [3.63, 3.8) is 0 Å². The van der Waals surface area contributed by atoms with Crippen LogP contribution < -0.4 is 10.2 Å². The van der Waals surface area contributed by atoms with Crippen LogP contribution in [-0.2, 0) is 14.3 Å². The summed E-state index contributed by atoms with van der Waals surface area (Å²) in [5.41, 5.74) is 8.40. The monoisotopic (exact) mass is 650 g/mol. The van der Waals surface area contributed by atoms with Crippen LogP contribution in [0.4, 0.5) is 16.6 Å². The van der Waals surface area contributed by atoms with E-state index in [1.165, 1.54) is 4.90 Å². The zero-order valence-corrected chi connectivity index (χ0v) is 31.2. The van der Waals surface area contributed by atoms with Crippen molar-refractivity contribution in [2.75, 3.05) is 43.6 Å². The number of morpholine rings is 1. The first kappa shape index (κ1) is 37.0. The van der Waals surface area contributed by atoms with Crippen LogP contribution in [0.25, 0.3) is 11.1 Å². The summed E-state index contributed by atoms with van der Waals surface area (Å²) in [6, 6.07) is 2.91. The van der Waals surface area contributed by atoms with Crippen LogP contribution in [0, 0.1) is 25.3 Å². The summed E-state index contributed by atoms with van der Waals surface area (Å²) in [4.78, 5) is 44.1. The highest BCUT2D eigenvalue weighted by molar-refractivity contribution is 6.90. The number of hydrogen-bond acceptors (Lipinski definition) is 8. The Bertz CT molecular complexity index is 1420. The minimum atomic E-state index is -2.10. The van der Waals surface area contributed by atoms with Crippen molar-refractivity contribution in [2.24, 2.45) is 0 Å². The number of carbonyl (C=O) groups is 2. The Balaban J connectivity index is 2.10. The molecule has 1 fully saturated rings. The third-order valence-electron chi connectivity index (χ3n) is 8.87. The molecule has 46 heavy (non-hydrogen) atoms. The molecule has 2 amide bonds. The second-order valence-electron chi connectivity index (χ2n) is 14.2. The van der Waals surface area contributed by atoms with Crippen molar-refractivity contribution in [2.45, 2.75) is 111 Å². The van der Waals surface area contributed by atoms with Crippen LogP contribution in [0.1, 0.15) is 86.3 Å². The molecule has 1 saturated heterocycles. The molecule has 0 bridgehead atoms. The number of pyridine rings is 1. The van der Waals surface area contributed by atoms with Crippen LogP contribution >= 0.6 is 0 Å². The predicted octanol–water partition coefficient (Wildman–Crippen LogP) is 6.76. The fourth-order valence-corrected chi connectivity index (χ4v) is 11.5. The normalized spacial score (nSPS) is 14.7. The Morgan fingerprint density at radius 3 is 2.00 bits per heavy atom. The Morgan fingerprint density at radius 2 is 1.50 bits per heavy atom. The van der Waals surface area contributed by atoms with E-state index in [1.54, 1.807) is 40.8 Å². The van der Waals surface area contributed by atoms with Gasteiger partial charge in [-0.25, -0.2) is 19.7 Å². The average Bonchev–Trinajstić information content (AvgIpc) is 2.96. The molecular formula is C35H54N6O4Si. The van der Waals surface area contributed by atoms with E-state index in [2.05, 4.69) is 63.2 Å². The van der Waals surface area contributed by atoms with Crippen LogP contribution in [-0.4, -0.2) is 84.9 Å². The molecule has 1 unspecified atom stereocenters. The van der Waals surface area contributed by atoms with Gasteiger partial charge < -0.3 is 19.7 Å². The van der Waals surface area contributed by atoms with Crippen LogP contribution in [0.15, 0.2) is 12.1 Å². The largest absolute Gasteiger partial charge is 0.444 e. The lowest BCUT2D eigenvalue weighted by Gasteiger charge is -2.38. The molecule has 10 nitrogen and oxygen atoms in total. The van der Waals surface area contributed by atoms with E-state index in [9.17, 15) is 9.59 Å². The van der Waals surface area contributed by atoms with E-state index in [-0.39, 0.29) is 5.91 Å². The van der Waals surface area contributed by atoms with Gasteiger partial charge in [0.1, 0.15) is 31.2 Å². The minimum absolute atomic E-state index is 0.356. The molecule has 3 heterocycles. The smallest absolute Gasteiger partial charge is 0.410 e. The summed E-state index contributed by atoms with van der Waals surface area (Å²) in [5.74, 6) is 4.19. The molecule has 3 rings (SSSR count). The Hall–Kier alpha value is -3.49. The number of nitrogens with one attached hydrogen (secondary N) is 1. The molecule has 11 heteroatoms. The SMILES string of the molecule is Cc1nc(N2CCOCC2)nc(C)c1-c1ccc(NC(=O)C(C)N(C)C(=O)OC(C)(C)C)nc1C#C[Si](C(C)C)(C(C)C)C(C)C. The van der Waals surface area contributed by atoms with Crippen molar-refractivity contribution >= 4 is 31.8 Å². The Morgan fingerprint density at radius 1 is 0.957 bits per heavy atom. The van der Waals surface area contributed by atoms with E-state index in [4.69, 9.17) is 24.4 Å². The predicted molar refractivity (Wildman–Crippen MR) is 188 cm³/mol. The lowest BCUT2D eigenvalue weighted by molar-refractivity contribution is -0.120. The molecule has 0 aliphatic carbocycles. The van der Waals surface area contributed by atoms with E-state index < -0.39 is 25.8 Å². The lowest BCUT2D eigenvalue weighted by Crippen LogP contribution is -2.45. The van der Waals surface area contributed by atoms with Gasteiger partial charge in [-0.2, -0.15) is 0 Å². The van der Waals surface area contributed by atoms with Gasteiger partial charge in [0.05, 0.1) is 24.6 Å². The first-order valence-corrected chi connectivity index (χ1v) is 18.6. The second kappa shape index (κ2) is 14.9. The van der Waals surface area contributed by atoms with Crippen molar-refractivity contribution in [3.05, 3.63) is 29.2 Å². The van der Waals surface area contributed by atoms with Gasteiger partial charge in [-0.15, -0.1) is 5.54 Å². The number of carbonyl (C=O) groups excluding carboxylic acids is 2. The van der Waals surface area contributed by atoms with Gasteiger partial charge in [0, 0.05) is 31.3 Å². The standard InChI is InChI=1S/C35H54N6O4Si/c1-22(2)46(23(3)4,24(5)6)21-16-29-28(31-25(7)36-33(37-26(31)8)41-17-19-44-20-18-41)14-15-30(38-29)39-32(42)27(9)40(13)34(43)45-35(10,11)12/h14-15,22-24,27H,17-20H2,1-13H3,(H,38,39,42). The molecule has 0 spiro atoms. The number of aryl methyl sites for hydroxylation is 2. The number of rotatable bonds is 8. The number of amides is 2. The second-order valence-corrected chi connectivity index (χ2v) is 19.7. The maximum atomic E-state index is 13.3. The molecule has 0 aromatic carbocycles. The molecule has 0 saturated carbocycles. The average molecular weight is 651 g/mol. The number of aromatic nitrogens is 3. The molecule has 1 atom stereocenters. The number of hydrogen-bond donors (Lipinski definition) is 1. The van der Waals surface area contributed by atoms with Crippen molar-refractivity contribution < 1.29 is 19.1 Å². The quantitative estimate of drug-likeness (QED) is 0.247. The fourth-order valence-electron chi connectivity index (χ4n) is 6.32. The van der Waals surface area contributed by atoms with Crippen LogP contribution in [0.3, 0.4) is 0 Å². The first-order chi connectivity index (χ1) is 21.4. The number of anilines is 2. The molecular weight excluding hydrogens is 597 g/mol. The van der Waals surface area contributed by atoms with Gasteiger partial charge >= 0.3 is 6.09 Å². The van der Waals surface area contributed by atoms with Crippen molar-refractivity contribution in [1.82, 2.24) is 19.9 Å². The number of likely N-dealkylation sites (N-methyl/N-ethyl adjacent to an activating group) is 1. The number of ether oxygens (including phenoxy) is 2. The summed E-state index contributed by atoms with van der Waals surface area (Å²) in [7, 11) is -0.556. The number of nitrogens with zero attached hydrogens (tertiary/aromatic N) is 5. The van der Waals surface area contributed by atoms with Gasteiger partial charge in [0.2, 0.25) is 11.9 Å². The first-order valence-electron chi connectivity index (χ1n) is 16.4. The third kappa shape index (κ3) is 8.45. The van der Waals surface area contributed by atoms with E-state index in [0.717, 1.165) is 35.6 Å². The lowest BCUT2D eigenvalue weighted by atomic mass is 10.0. The summed E-state index contributed by atoms with van der Waals surface area (Å²) in [5, 5.41) is 2.90. The minimum Gasteiger partial charge on any atom is -0.444 e. The van der Waals surface area contributed by atoms with Crippen molar-refractivity contribution in [3.8, 4) is 22.6 Å². The van der Waals surface area contributed by atoms with Gasteiger partial charge in [-0.3, -0.25) is 9.69 Å². The van der Waals surface area contributed by atoms with E-state index >= 15 is 0 Å². The molecule has 1 aliphatic heterocycles. The Labute approximate surface area is 277 Å². The molecule has 2 aromatic heterocycles. The van der Waals surface area contributed by atoms with Gasteiger partial charge in [-0.05, 0) is 70.3 Å². The fraction of sp³-hybridized carbons (Fsp3) is 0.629. The maximum absolute atomic E-state index is 13.3. The zero-order chi connectivity index (χ0) is 34.6. The Kier molecular flexibility index (Phi) is 12.0. The summed E-state index contributed by atoms with van der Waals surface area (Å²) >= 11 is 0. The van der Waals surface area contributed by atoms with Gasteiger partial charge in [-0.1, -0.05) is 47.5 Å². The van der Waals surface area contributed by atoms with Crippen molar-refractivity contribution in [1.29, 1.82) is 0 Å². The highest BCUT2D eigenvalue weighted by Gasteiger charge is 2.42. The molecule has 2 aromatic rings. The van der Waals surface area contributed by atoms with Gasteiger partial charge in [0.25, 0.3) is 0 Å². The maximum Gasteiger partial charge on any atom is 0.410 e. The molecule has 0 radical (unpaired) electrons. The molecule has 252 valence electrons. The van der Waals surface area contributed by atoms with Crippen LogP contribution in [0.2, 0.25) is 16.6 Å². The van der Waals surface area contributed by atoms with E-state index in [0.29, 0.717) is 47.3 Å². The third-order valence-corrected chi connectivity index (χ3v) is 15.2. The summed E-state index contributed by atoms with van der Waals surface area (Å²) < 4.78 is 11.0. The van der Waals surface area contributed by atoms with E-state index in [1.807, 2.05) is 19.9 Å². The summed E-state index contributed by atoms with van der Waals surface area (Å²) in [6.07, 6.45) is -0.575. The molecule has 1 aliphatic rings. The highest BCUT2D eigenvalue weighted by atomic mass is 28.3. The summed E-state index contributed by atoms with van der Waals surface area (Å²) in [6.45, 7) is 27.5. The topological polar surface area (TPSA) is 110 Å². The molecule has 1 N–H and O–H groups in total. The zero-order valence-electron chi connectivity index (χ0n) is 30.2. The highest BCUT2D eigenvalue weighted by Crippen LogP contribution is 2.41. The van der Waals surface area contributed by atoms with Crippen LogP contribution in [0.5, 0.6) is 0 Å².